The Morgan fingerprint density at radius 2 is 2.29 bits per heavy atom. The Balaban J connectivity index is 0.00000144. The largest absolute Gasteiger partial charge is 0.379 e. The van der Waals surface area contributed by atoms with Crippen molar-refractivity contribution in [1.29, 1.82) is 0 Å². The molecule has 2 N–H and O–H groups in total. The molecule has 1 unspecified atom stereocenters. The minimum atomic E-state index is 0. The molecule has 2 rings (SSSR count). The molecule has 2 heterocycles. The zero-order valence-corrected chi connectivity index (χ0v) is 11.0. The van der Waals surface area contributed by atoms with Gasteiger partial charge in [-0.3, -0.25) is 10.00 Å². The SMILES string of the molecule is CC(CNCc1ccn[nH]1)N1CCOCC1.Cl. The number of H-pyrrole nitrogens is 1. The Labute approximate surface area is 108 Å². The van der Waals surface area contributed by atoms with E-state index >= 15 is 0 Å². The molecule has 1 aromatic rings. The molecule has 6 heteroatoms. The molecule has 0 bridgehead atoms. The highest BCUT2D eigenvalue weighted by molar-refractivity contribution is 5.85. The predicted molar refractivity (Wildman–Crippen MR) is 69.4 cm³/mol. The third kappa shape index (κ3) is 4.63. The van der Waals surface area contributed by atoms with Crippen LogP contribution in [-0.2, 0) is 11.3 Å². The van der Waals surface area contributed by atoms with E-state index in [0.717, 1.165) is 45.1 Å². The van der Waals surface area contributed by atoms with Gasteiger partial charge in [-0.25, -0.2) is 0 Å². The van der Waals surface area contributed by atoms with Gasteiger partial charge in [-0.05, 0) is 13.0 Å². The van der Waals surface area contributed by atoms with E-state index < -0.39 is 0 Å². The van der Waals surface area contributed by atoms with Gasteiger partial charge >= 0.3 is 0 Å². The molecule has 98 valence electrons. The van der Waals surface area contributed by atoms with Crippen molar-refractivity contribution in [2.75, 3.05) is 32.8 Å². The van der Waals surface area contributed by atoms with E-state index in [9.17, 15) is 0 Å². The number of morpholine rings is 1. The van der Waals surface area contributed by atoms with Crippen LogP contribution in [0.1, 0.15) is 12.6 Å². The smallest absolute Gasteiger partial charge is 0.0594 e. The predicted octanol–water partition coefficient (Wildman–Crippen LogP) is 0.642. The van der Waals surface area contributed by atoms with Crippen LogP contribution < -0.4 is 5.32 Å². The van der Waals surface area contributed by atoms with Crippen molar-refractivity contribution in [1.82, 2.24) is 20.4 Å². The normalized spacial score (nSPS) is 18.6. The van der Waals surface area contributed by atoms with Crippen molar-refractivity contribution < 1.29 is 4.74 Å². The summed E-state index contributed by atoms with van der Waals surface area (Å²) in [7, 11) is 0. The second kappa shape index (κ2) is 7.66. The molecule has 0 aliphatic carbocycles. The highest BCUT2D eigenvalue weighted by Gasteiger charge is 2.16. The molecule has 0 radical (unpaired) electrons. The number of aromatic nitrogens is 2. The number of nitrogens with one attached hydrogen (secondary N) is 2. The molecule has 1 fully saturated rings. The summed E-state index contributed by atoms with van der Waals surface area (Å²) < 4.78 is 5.34. The van der Waals surface area contributed by atoms with E-state index in [1.165, 1.54) is 0 Å². The molecular weight excluding hydrogens is 240 g/mol. The van der Waals surface area contributed by atoms with E-state index in [-0.39, 0.29) is 12.4 Å². The summed E-state index contributed by atoms with van der Waals surface area (Å²) in [6, 6.07) is 2.55. The fourth-order valence-corrected chi connectivity index (χ4v) is 1.95. The molecule has 0 saturated carbocycles. The molecule has 0 aromatic carbocycles. The van der Waals surface area contributed by atoms with Crippen LogP contribution in [0.25, 0.3) is 0 Å². The van der Waals surface area contributed by atoms with Gasteiger partial charge in [0.2, 0.25) is 0 Å². The molecule has 1 aliphatic heterocycles. The number of aromatic amines is 1. The van der Waals surface area contributed by atoms with Gasteiger partial charge in [-0.1, -0.05) is 0 Å². The van der Waals surface area contributed by atoms with Gasteiger partial charge in [0, 0.05) is 44.1 Å². The zero-order chi connectivity index (χ0) is 11.2. The lowest BCUT2D eigenvalue weighted by Gasteiger charge is -2.32. The Morgan fingerprint density at radius 1 is 1.53 bits per heavy atom. The van der Waals surface area contributed by atoms with Crippen molar-refractivity contribution in [3.63, 3.8) is 0 Å². The number of halogens is 1. The first-order chi connectivity index (χ1) is 7.86. The summed E-state index contributed by atoms with van der Waals surface area (Å²) in [6.07, 6.45) is 1.78. The van der Waals surface area contributed by atoms with Gasteiger partial charge in [0.1, 0.15) is 0 Å². The average molecular weight is 261 g/mol. The highest BCUT2D eigenvalue weighted by Crippen LogP contribution is 2.02. The maximum Gasteiger partial charge on any atom is 0.0594 e. The molecule has 1 aromatic heterocycles. The minimum absolute atomic E-state index is 0. The summed E-state index contributed by atoms with van der Waals surface area (Å²) in [6.45, 7) is 7.94. The summed E-state index contributed by atoms with van der Waals surface area (Å²) >= 11 is 0. The van der Waals surface area contributed by atoms with E-state index in [1.807, 2.05) is 6.07 Å². The van der Waals surface area contributed by atoms with Crippen LogP contribution in [0.3, 0.4) is 0 Å². The van der Waals surface area contributed by atoms with Gasteiger partial charge < -0.3 is 10.1 Å². The number of ether oxygens (including phenoxy) is 1. The minimum Gasteiger partial charge on any atom is -0.379 e. The molecular formula is C11H21ClN4O. The lowest BCUT2D eigenvalue weighted by atomic mass is 10.2. The number of hydrogen-bond acceptors (Lipinski definition) is 4. The van der Waals surface area contributed by atoms with Crippen LogP contribution >= 0.6 is 12.4 Å². The van der Waals surface area contributed by atoms with E-state index in [4.69, 9.17) is 4.74 Å². The quantitative estimate of drug-likeness (QED) is 0.816. The van der Waals surface area contributed by atoms with Gasteiger partial charge in [-0.2, -0.15) is 5.10 Å². The second-order valence-corrected chi connectivity index (χ2v) is 4.21. The van der Waals surface area contributed by atoms with Crippen LogP contribution in [0.2, 0.25) is 0 Å². The third-order valence-electron chi connectivity index (χ3n) is 2.98. The second-order valence-electron chi connectivity index (χ2n) is 4.21. The van der Waals surface area contributed by atoms with Crippen LogP contribution in [0.4, 0.5) is 0 Å². The summed E-state index contributed by atoms with van der Waals surface area (Å²) in [4.78, 5) is 2.46. The van der Waals surface area contributed by atoms with Gasteiger partial charge in [0.05, 0.1) is 13.2 Å². The molecule has 17 heavy (non-hydrogen) atoms. The molecule has 0 amide bonds. The van der Waals surface area contributed by atoms with Crippen molar-refractivity contribution in [2.45, 2.75) is 19.5 Å². The number of hydrogen-bond donors (Lipinski definition) is 2. The summed E-state index contributed by atoms with van der Waals surface area (Å²) in [5.74, 6) is 0. The number of rotatable bonds is 5. The Bertz CT molecular complexity index is 288. The standard InChI is InChI=1S/C11H20N4O.ClH/c1-10(15-4-6-16-7-5-15)8-12-9-11-2-3-13-14-11;/h2-3,10,12H,4-9H2,1H3,(H,13,14);1H. The van der Waals surface area contributed by atoms with Crippen LogP contribution in [0.5, 0.6) is 0 Å². The maximum atomic E-state index is 5.34. The molecule has 1 aliphatic rings. The Hall–Kier alpha value is -0.620. The van der Waals surface area contributed by atoms with E-state index in [2.05, 4.69) is 27.3 Å². The van der Waals surface area contributed by atoms with Crippen LogP contribution in [0, 0.1) is 0 Å². The Kier molecular flexibility index (Phi) is 6.50. The van der Waals surface area contributed by atoms with Crippen LogP contribution in [0.15, 0.2) is 12.3 Å². The van der Waals surface area contributed by atoms with E-state index in [0.29, 0.717) is 6.04 Å². The summed E-state index contributed by atoms with van der Waals surface area (Å²) in [5.41, 5.74) is 1.13. The molecule has 0 spiro atoms. The molecule has 1 atom stereocenters. The third-order valence-corrected chi connectivity index (χ3v) is 2.98. The monoisotopic (exact) mass is 260 g/mol. The highest BCUT2D eigenvalue weighted by atomic mass is 35.5. The van der Waals surface area contributed by atoms with Gasteiger partial charge in [-0.15, -0.1) is 12.4 Å². The topological polar surface area (TPSA) is 53.2 Å². The first-order valence-corrected chi connectivity index (χ1v) is 5.87. The maximum absolute atomic E-state index is 5.34. The van der Waals surface area contributed by atoms with Gasteiger partial charge in [0.15, 0.2) is 0 Å². The first-order valence-electron chi connectivity index (χ1n) is 5.87. The van der Waals surface area contributed by atoms with Crippen molar-refractivity contribution in [2.24, 2.45) is 0 Å². The van der Waals surface area contributed by atoms with Crippen molar-refractivity contribution in [3.05, 3.63) is 18.0 Å². The van der Waals surface area contributed by atoms with Gasteiger partial charge in [0.25, 0.3) is 0 Å². The van der Waals surface area contributed by atoms with Crippen molar-refractivity contribution in [3.8, 4) is 0 Å². The van der Waals surface area contributed by atoms with Crippen molar-refractivity contribution >= 4 is 12.4 Å². The number of nitrogens with zero attached hydrogens (tertiary/aromatic N) is 2. The fourth-order valence-electron chi connectivity index (χ4n) is 1.95. The lowest BCUT2D eigenvalue weighted by molar-refractivity contribution is 0.0203. The fraction of sp³-hybridized carbons (Fsp3) is 0.727. The Morgan fingerprint density at radius 3 is 2.94 bits per heavy atom. The zero-order valence-electron chi connectivity index (χ0n) is 10.2. The lowest BCUT2D eigenvalue weighted by Crippen LogP contribution is -2.46. The van der Waals surface area contributed by atoms with Crippen LogP contribution in [-0.4, -0.2) is 54.0 Å². The first kappa shape index (κ1) is 14.4. The summed E-state index contributed by atoms with van der Waals surface area (Å²) in [5, 5.41) is 10.3. The van der Waals surface area contributed by atoms with E-state index in [1.54, 1.807) is 6.20 Å². The molecule has 1 saturated heterocycles. The molecule has 5 nitrogen and oxygen atoms in total. The average Bonchev–Trinajstić information content (AvgIpc) is 2.83.